The van der Waals surface area contributed by atoms with E-state index >= 15 is 0 Å². The SMILES string of the molecule is CCOc1cc(/C=c2\s/c(=C\C(=O)c3cccc(Cl)c3)[nH]c2=O)ccc1OC. The van der Waals surface area contributed by atoms with Crippen LogP contribution >= 0.6 is 22.9 Å². The largest absolute Gasteiger partial charge is 0.493 e. The van der Waals surface area contributed by atoms with Gasteiger partial charge in [-0.2, -0.15) is 0 Å². The van der Waals surface area contributed by atoms with Gasteiger partial charge in [-0.3, -0.25) is 9.59 Å². The highest BCUT2D eigenvalue weighted by atomic mass is 35.5. The minimum absolute atomic E-state index is 0.227. The minimum atomic E-state index is -0.260. The highest BCUT2D eigenvalue weighted by Crippen LogP contribution is 2.28. The second-order valence-electron chi connectivity index (χ2n) is 5.79. The highest BCUT2D eigenvalue weighted by molar-refractivity contribution is 7.07. The van der Waals surface area contributed by atoms with Crippen LogP contribution in [0.5, 0.6) is 11.5 Å². The number of thiazole rings is 1. The number of hydrogen-bond acceptors (Lipinski definition) is 5. The van der Waals surface area contributed by atoms with E-state index in [9.17, 15) is 9.59 Å². The average molecular weight is 416 g/mol. The van der Waals surface area contributed by atoms with Gasteiger partial charge in [0.15, 0.2) is 17.3 Å². The Morgan fingerprint density at radius 3 is 2.75 bits per heavy atom. The monoisotopic (exact) mass is 415 g/mol. The van der Waals surface area contributed by atoms with E-state index < -0.39 is 0 Å². The van der Waals surface area contributed by atoms with E-state index in [-0.39, 0.29) is 11.3 Å². The Kier molecular flexibility index (Phi) is 6.34. The number of methoxy groups -OCH3 is 1. The summed E-state index contributed by atoms with van der Waals surface area (Å²) in [6, 6.07) is 12.1. The van der Waals surface area contributed by atoms with Crippen molar-refractivity contribution in [3.05, 3.63) is 78.2 Å². The number of halogens is 1. The quantitative estimate of drug-likeness (QED) is 0.628. The van der Waals surface area contributed by atoms with E-state index in [0.29, 0.717) is 37.9 Å². The molecule has 7 heteroatoms. The Balaban J connectivity index is 1.97. The average Bonchev–Trinajstić information content (AvgIpc) is 3.01. The number of benzene rings is 2. The van der Waals surface area contributed by atoms with Gasteiger partial charge in [0.25, 0.3) is 5.56 Å². The van der Waals surface area contributed by atoms with E-state index in [2.05, 4.69) is 4.98 Å². The lowest BCUT2D eigenvalue weighted by Gasteiger charge is -2.09. The van der Waals surface area contributed by atoms with Crippen LogP contribution in [0.2, 0.25) is 5.02 Å². The fraction of sp³-hybridized carbons (Fsp3) is 0.143. The molecule has 2 aromatic carbocycles. The van der Waals surface area contributed by atoms with Gasteiger partial charge in [0, 0.05) is 16.7 Å². The number of carbonyl (C=O) groups is 1. The Morgan fingerprint density at radius 1 is 1.21 bits per heavy atom. The number of rotatable bonds is 6. The van der Waals surface area contributed by atoms with Gasteiger partial charge in [-0.15, -0.1) is 11.3 Å². The van der Waals surface area contributed by atoms with Crippen LogP contribution in [0, 0.1) is 0 Å². The first-order chi connectivity index (χ1) is 13.5. The van der Waals surface area contributed by atoms with E-state index in [4.69, 9.17) is 21.1 Å². The van der Waals surface area contributed by atoms with E-state index in [1.54, 1.807) is 43.5 Å². The third kappa shape index (κ3) is 4.71. The molecule has 144 valence electrons. The summed E-state index contributed by atoms with van der Waals surface area (Å²) in [5.74, 6) is 1.00. The van der Waals surface area contributed by atoms with E-state index in [0.717, 1.165) is 5.56 Å². The lowest BCUT2D eigenvalue weighted by molar-refractivity contribution is 0.106. The van der Waals surface area contributed by atoms with Crippen LogP contribution in [0.4, 0.5) is 0 Å². The van der Waals surface area contributed by atoms with Crippen LogP contribution in [-0.2, 0) is 0 Å². The first kappa shape index (κ1) is 19.9. The number of aromatic amines is 1. The molecule has 0 radical (unpaired) electrons. The molecule has 0 fully saturated rings. The summed E-state index contributed by atoms with van der Waals surface area (Å²) in [5, 5.41) is 0.484. The zero-order chi connectivity index (χ0) is 20.1. The molecule has 0 unspecified atom stereocenters. The Morgan fingerprint density at radius 2 is 2.04 bits per heavy atom. The van der Waals surface area contributed by atoms with Crippen molar-refractivity contribution in [1.29, 1.82) is 0 Å². The fourth-order valence-electron chi connectivity index (χ4n) is 2.57. The Bertz CT molecular complexity index is 1180. The molecule has 3 rings (SSSR count). The molecule has 0 saturated heterocycles. The lowest BCUT2D eigenvalue weighted by atomic mass is 10.1. The van der Waals surface area contributed by atoms with Crippen LogP contribution in [0.15, 0.2) is 47.3 Å². The molecule has 1 N–H and O–H groups in total. The zero-order valence-corrected chi connectivity index (χ0v) is 16.9. The van der Waals surface area contributed by atoms with Gasteiger partial charge >= 0.3 is 0 Å². The van der Waals surface area contributed by atoms with Crippen molar-refractivity contribution in [3.63, 3.8) is 0 Å². The zero-order valence-electron chi connectivity index (χ0n) is 15.3. The lowest BCUT2D eigenvalue weighted by Crippen LogP contribution is -2.20. The van der Waals surface area contributed by atoms with Crippen LogP contribution in [0.25, 0.3) is 12.2 Å². The molecule has 0 aliphatic rings. The van der Waals surface area contributed by atoms with Gasteiger partial charge in [-0.25, -0.2) is 0 Å². The normalized spacial score (nSPS) is 12.2. The number of H-pyrrole nitrogens is 1. The maximum Gasteiger partial charge on any atom is 0.266 e. The first-order valence-electron chi connectivity index (χ1n) is 8.53. The van der Waals surface area contributed by atoms with Crippen molar-refractivity contribution in [3.8, 4) is 11.5 Å². The molecule has 0 amide bonds. The van der Waals surface area contributed by atoms with Crippen molar-refractivity contribution in [2.45, 2.75) is 6.92 Å². The third-order valence-corrected chi connectivity index (χ3v) is 5.04. The van der Waals surface area contributed by atoms with Gasteiger partial charge in [-0.05, 0) is 42.8 Å². The van der Waals surface area contributed by atoms with E-state index in [1.807, 2.05) is 19.1 Å². The molecule has 3 aromatic rings. The number of ether oxygens (including phenoxy) is 2. The molecule has 0 spiro atoms. The molecule has 5 nitrogen and oxygen atoms in total. The third-order valence-electron chi connectivity index (χ3n) is 3.84. The van der Waals surface area contributed by atoms with Crippen molar-refractivity contribution < 1.29 is 14.3 Å². The van der Waals surface area contributed by atoms with Gasteiger partial charge in [0.1, 0.15) is 0 Å². The number of carbonyl (C=O) groups excluding carboxylic acids is 1. The first-order valence-corrected chi connectivity index (χ1v) is 9.73. The molecule has 1 heterocycles. The van der Waals surface area contributed by atoms with Gasteiger partial charge < -0.3 is 14.5 Å². The second kappa shape index (κ2) is 8.91. The molecule has 28 heavy (non-hydrogen) atoms. The van der Waals surface area contributed by atoms with Crippen LogP contribution in [-0.4, -0.2) is 24.5 Å². The molecule has 0 atom stereocenters. The summed E-state index contributed by atoms with van der Waals surface area (Å²) in [7, 11) is 1.57. The Hall–Kier alpha value is -2.83. The number of nitrogens with one attached hydrogen (secondary N) is 1. The number of aromatic nitrogens is 1. The number of ketones is 1. The molecular formula is C21H18ClNO4S. The maximum absolute atomic E-state index is 12.4. The summed E-state index contributed by atoms with van der Waals surface area (Å²) >= 11 is 7.13. The molecule has 0 aliphatic carbocycles. The predicted octanol–water partition coefficient (Wildman–Crippen LogP) is 2.99. The summed E-state index contributed by atoms with van der Waals surface area (Å²) < 4.78 is 11.8. The molecule has 0 aliphatic heterocycles. The fourth-order valence-corrected chi connectivity index (χ4v) is 3.65. The molecular weight excluding hydrogens is 398 g/mol. The topological polar surface area (TPSA) is 68.4 Å². The summed E-state index contributed by atoms with van der Waals surface area (Å²) in [6.45, 7) is 2.39. The summed E-state index contributed by atoms with van der Waals surface area (Å²) in [6.07, 6.45) is 3.14. The van der Waals surface area contributed by atoms with Gasteiger partial charge in [0.2, 0.25) is 0 Å². The molecule has 0 bridgehead atoms. The summed E-state index contributed by atoms with van der Waals surface area (Å²) in [4.78, 5) is 27.3. The predicted molar refractivity (Wildman–Crippen MR) is 112 cm³/mol. The van der Waals surface area contributed by atoms with Crippen LogP contribution < -0.4 is 24.2 Å². The highest BCUT2D eigenvalue weighted by Gasteiger charge is 2.06. The Labute approximate surface area is 170 Å². The van der Waals surface area contributed by atoms with Crippen LogP contribution in [0.1, 0.15) is 22.8 Å². The van der Waals surface area contributed by atoms with Crippen molar-refractivity contribution in [1.82, 2.24) is 4.98 Å². The van der Waals surface area contributed by atoms with Crippen molar-refractivity contribution in [2.75, 3.05) is 13.7 Å². The number of Topliss-reactive ketones (excluding diaryl/α,β-unsaturated/α-hetero) is 1. The number of hydrogen-bond donors (Lipinski definition) is 1. The molecule has 1 aromatic heterocycles. The van der Waals surface area contributed by atoms with Gasteiger partial charge in [-0.1, -0.05) is 29.8 Å². The standard InChI is InChI=1S/C21H18ClNO4S/c1-3-27-18-9-13(7-8-17(18)26-2)10-19-21(25)23-20(28-19)12-16(24)14-5-4-6-15(22)11-14/h4-12H,3H2,1-2H3,(H,23,25)/b19-10-,20-12-. The summed E-state index contributed by atoms with van der Waals surface area (Å²) in [5.41, 5.74) is 0.997. The minimum Gasteiger partial charge on any atom is -0.493 e. The van der Waals surface area contributed by atoms with E-state index in [1.165, 1.54) is 17.4 Å². The maximum atomic E-state index is 12.4. The van der Waals surface area contributed by atoms with Crippen molar-refractivity contribution >= 4 is 40.9 Å². The second-order valence-corrected chi connectivity index (χ2v) is 7.31. The van der Waals surface area contributed by atoms with Gasteiger partial charge in [0.05, 0.1) is 22.9 Å². The smallest absolute Gasteiger partial charge is 0.266 e. The van der Waals surface area contributed by atoms with Crippen LogP contribution in [0.3, 0.4) is 0 Å². The van der Waals surface area contributed by atoms with Crippen molar-refractivity contribution in [2.24, 2.45) is 0 Å². The molecule has 0 saturated carbocycles.